The molecule has 0 saturated heterocycles. The normalized spacial score (nSPS) is 13.5. The molecule has 0 radical (unpaired) electrons. The average molecular weight is 336 g/mol. The zero-order chi connectivity index (χ0) is 15.9. The van der Waals surface area contributed by atoms with Gasteiger partial charge >= 0.3 is 0 Å². The fraction of sp³-hybridized carbons (Fsp3) is 0.125. The van der Waals surface area contributed by atoms with Crippen LogP contribution < -0.4 is 9.64 Å². The number of halogens is 2. The number of carbonyl (C=O) groups excluding carboxylic acids is 2. The van der Waals surface area contributed by atoms with Gasteiger partial charge in [-0.3, -0.25) is 9.59 Å². The number of hydrogen-bond acceptors (Lipinski definition) is 3. The van der Waals surface area contributed by atoms with Gasteiger partial charge in [-0.15, -0.1) is 0 Å². The van der Waals surface area contributed by atoms with Crippen LogP contribution in [0.1, 0.15) is 15.9 Å². The Bertz CT molecular complexity index is 789. The summed E-state index contributed by atoms with van der Waals surface area (Å²) in [6.07, 6.45) is 0. The monoisotopic (exact) mass is 335 g/mol. The van der Waals surface area contributed by atoms with Gasteiger partial charge in [-0.1, -0.05) is 29.3 Å². The molecule has 2 aromatic carbocycles. The summed E-state index contributed by atoms with van der Waals surface area (Å²) in [6.45, 7) is 0.238. The Balaban J connectivity index is 1.99. The van der Waals surface area contributed by atoms with Crippen molar-refractivity contribution in [1.29, 1.82) is 0 Å². The third-order valence-electron chi connectivity index (χ3n) is 3.50. The first-order valence-corrected chi connectivity index (χ1v) is 7.25. The number of anilines is 1. The Kier molecular flexibility index (Phi) is 3.81. The van der Waals surface area contributed by atoms with Crippen molar-refractivity contribution >= 4 is 40.6 Å². The zero-order valence-corrected chi connectivity index (χ0v) is 13.1. The minimum absolute atomic E-state index is 0.238. The highest BCUT2D eigenvalue weighted by molar-refractivity contribution is 6.52. The Morgan fingerprint density at radius 3 is 2.50 bits per heavy atom. The highest BCUT2D eigenvalue weighted by atomic mass is 35.5. The van der Waals surface area contributed by atoms with E-state index in [1.54, 1.807) is 36.4 Å². The minimum Gasteiger partial charge on any atom is -0.497 e. The van der Waals surface area contributed by atoms with Gasteiger partial charge in [0.2, 0.25) is 0 Å². The Morgan fingerprint density at radius 1 is 1.05 bits per heavy atom. The van der Waals surface area contributed by atoms with E-state index in [-0.39, 0.29) is 6.54 Å². The summed E-state index contributed by atoms with van der Waals surface area (Å²) in [5, 5.41) is 0.847. The third kappa shape index (κ3) is 2.45. The summed E-state index contributed by atoms with van der Waals surface area (Å²) in [4.78, 5) is 25.6. The van der Waals surface area contributed by atoms with Crippen LogP contribution in [0.3, 0.4) is 0 Å². The average Bonchev–Trinajstić information content (AvgIpc) is 2.75. The van der Waals surface area contributed by atoms with Crippen molar-refractivity contribution in [3.8, 4) is 5.75 Å². The third-order valence-corrected chi connectivity index (χ3v) is 4.24. The molecule has 1 aliphatic rings. The largest absolute Gasteiger partial charge is 0.497 e. The van der Waals surface area contributed by atoms with Gasteiger partial charge in [-0.05, 0) is 29.8 Å². The van der Waals surface area contributed by atoms with Crippen molar-refractivity contribution in [3.63, 3.8) is 0 Å². The molecule has 0 unspecified atom stereocenters. The van der Waals surface area contributed by atoms with E-state index >= 15 is 0 Å². The van der Waals surface area contributed by atoms with Gasteiger partial charge in [0, 0.05) is 6.07 Å². The lowest BCUT2D eigenvalue weighted by molar-refractivity contribution is -0.114. The van der Waals surface area contributed by atoms with Crippen LogP contribution in [0.25, 0.3) is 0 Å². The number of amides is 1. The minimum atomic E-state index is -0.561. The predicted octanol–water partition coefficient (Wildman–Crippen LogP) is 3.73. The molecular formula is C16H11Cl2NO3. The van der Waals surface area contributed by atoms with Gasteiger partial charge in [0.15, 0.2) is 0 Å². The highest BCUT2D eigenvalue weighted by Gasteiger charge is 2.36. The van der Waals surface area contributed by atoms with Crippen molar-refractivity contribution in [2.24, 2.45) is 0 Å². The topological polar surface area (TPSA) is 46.6 Å². The van der Waals surface area contributed by atoms with E-state index in [0.717, 1.165) is 5.56 Å². The van der Waals surface area contributed by atoms with Gasteiger partial charge in [-0.25, -0.2) is 0 Å². The van der Waals surface area contributed by atoms with Gasteiger partial charge in [0.05, 0.1) is 35.0 Å². The van der Waals surface area contributed by atoms with E-state index in [9.17, 15) is 9.59 Å². The summed E-state index contributed by atoms with van der Waals surface area (Å²) >= 11 is 11.9. The lowest BCUT2D eigenvalue weighted by Crippen LogP contribution is -2.29. The number of carbonyl (C=O) groups is 2. The molecule has 3 rings (SSSR count). The van der Waals surface area contributed by atoms with Crippen LogP contribution in [0.4, 0.5) is 5.69 Å². The molecule has 1 amide bonds. The molecular weight excluding hydrogens is 325 g/mol. The first-order chi connectivity index (χ1) is 10.5. The number of rotatable bonds is 3. The number of Topliss-reactive ketones (excluding diaryl/α,β-unsaturated/α-hetero) is 1. The van der Waals surface area contributed by atoms with Gasteiger partial charge in [-0.2, -0.15) is 0 Å². The molecule has 0 saturated carbocycles. The summed E-state index contributed by atoms with van der Waals surface area (Å²) in [6, 6.07) is 10.0. The van der Waals surface area contributed by atoms with E-state index in [2.05, 4.69) is 0 Å². The second-order valence-electron chi connectivity index (χ2n) is 4.85. The summed E-state index contributed by atoms with van der Waals surface area (Å²) in [7, 11) is 1.53. The molecule has 6 heteroatoms. The van der Waals surface area contributed by atoms with Crippen LogP contribution in [0, 0.1) is 0 Å². The van der Waals surface area contributed by atoms with Crippen molar-refractivity contribution < 1.29 is 14.3 Å². The molecule has 0 N–H and O–H groups in total. The number of nitrogens with zero attached hydrogens (tertiary/aromatic N) is 1. The fourth-order valence-corrected chi connectivity index (χ4v) is 2.70. The number of fused-ring (bicyclic) bond motifs is 1. The van der Waals surface area contributed by atoms with Crippen LogP contribution >= 0.6 is 23.2 Å². The van der Waals surface area contributed by atoms with Crippen LogP contribution in [0.2, 0.25) is 10.0 Å². The van der Waals surface area contributed by atoms with E-state index < -0.39 is 11.7 Å². The maximum Gasteiger partial charge on any atom is 0.299 e. The second kappa shape index (κ2) is 5.63. The number of hydrogen-bond donors (Lipinski definition) is 0. The van der Waals surface area contributed by atoms with Crippen molar-refractivity contribution in [1.82, 2.24) is 0 Å². The van der Waals surface area contributed by atoms with Crippen LogP contribution in [-0.2, 0) is 11.3 Å². The Labute approximate surface area is 137 Å². The van der Waals surface area contributed by atoms with Crippen LogP contribution in [-0.4, -0.2) is 18.8 Å². The maximum atomic E-state index is 12.2. The molecule has 0 aliphatic carbocycles. The number of methoxy groups -OCH3 is 1. The molecule has 0 fully saturated rings. The van der Waals surface area contributed by atoms with Gasteiger partial charge < -0.3 is 9.64 Å². The summed E-state index contributed by atoms with van der Waals surface area (Å²) in [5.74, 6) is -0.493. The summed E-state index contributed by atoms with van der Waals surface area (Å²) in [5.41, 5.74) is 1.71. The van der Waals surface area contributed by atoms with Gasteiger partial charge in [0.1, 0.15) is 5.75 Å². The second-order valence-corrected chi connectivity index (χ2v) is 5.67. The van der Waals surface area contributed by atoms with Crippen molar-refractivity contribution in [2.75, 3.05) is 12.0 Å². The Morgan fingerprint density at radius 2 is 1.82 bits per heavy atom. The maximum absolute atomic E-state index is 12.2. The van der Waals surface area contributed by atoms with Crippen molar-refractivity contribution in [2.45, 2.75) is 6.54 Å². The number of ketones is 1. The standard InChI is InChI=1S/C16H11Cl2NO3/c1-22-10-3-4-11-14(7-10)19(16(21)15(11)20)8-9-2-5-12(17)13(18)6-9/h2-7H,8H2,1H3. The van der Waals surface area contributed by atoms with Gasteiger partial charge in [0.25, 0.3) is 11.7 Å². The molecule has 1 heterocycles. The van der Waals surface area contributed by atoms with Crippen LogP contribution in [0.15, 0.2) is 36.4 Å². The first kappa shape index (κ1) is 14.9. The lowest BCUT2D eigenvalue weighted by atomic mass is 10.1. The zero-order valence-electron chi connectivity index (χ0n) is 11.6. The Hall–Kier alpha value is -2.04. The molecule has 112 valence electrons. The SMILES string of the molecule is COc1ccc2c(c1)N(Cc1ccc(Cl)c(Cl)c1)C(=O)C2=O. The fourth-order valence-electron chi connectivity index (χ4n) is 2.38. The quantitative estimate of drug-likeness (QED) is 0.803. The molecule has 0 bridgehead atoms. The molecule has 0 aromatic heterocycles. The predicted molar refractivity (Wildman–Crippen MR) is 85.0 cm³/mol. The molecule has 0 spiro atoms. The van der Waals surface area contributed by atoms with Crippen LogP contribution in [0.5, 0.6) is 5.75 Å². The molecule has 22 heavy (non-hydrogen) atoms. The molecule has 1 aliphatic heterocycles. The smallest absolute Gasteiger partial charge is 0.299 e. The molecule has 0 atom stereocenters. The van der Waals surface area contributed by atoms with E-state index in [1.165, 1.54) is 12.0 Å². The summed E-state index contributed by atoms with van der Waals surface area (Å²) < 4.78 is 5.16. The van der Waals surface area contributed by atoms with E-state index in [1.807, 2.05) is 0 Å². The number of benzene rings is 2. The first-order valence-electron chi connectivity index (χ1n) is 6.49. The van der Waals surface area contributed by atoms with E-state index in [0.29, 0.717) is 27.0 Å². The van der Waals surface area contributed by atoms with E-state index in [4.69, 9.17) is 27.9 Å². The molecule has 2 aromatic rings. The lowest BCUT2D eigenvalue weighted by Gasteiger charge is -2.17. The highest BCUT2D eigenvalue weighted by Crippen LogP contribution is 2.34. The number of ether oxygens (including phenoxy) is 1. The molecule has 4 nitrogen and oxygen atoms in total. The van der Waals surface area contributed by atoms with Crippen molar-refractivity contribution in [3.05, 3.63) is 57.6 Å².